The standard InChI is InChI=1S/C18H22ClN3O3S/c1-3-8-26-18-21-14(9-16(17(24)25)20-12(2)23)11-22(18)10-13-6-4-5-7-15(13)19/h4-7,11,16H,3,8-10H2,1-2H3,(H,20,23)(H,24,25). The summed E-state index contributed by atoms with van der Waals surface area (Å²) in [6, 6.07) is 6.59. The number of nitrogens with one attached hydrogen (secondary N) is 1. The number of hydrogen-bond acceptors (Lipinski definition) is 4. The van der Waals surface area contributed by atoms with Gasteiger partial charge in [0.25, 0.3) is 0 Å². The number of carbonyl (C=O) groups is 2. The molecule has 0 radical (unpaired) electrons. The molecule has 0 spiro atoms. The molecule has 2 aromatic rings. The van der Waals surface area contributed by atoms with Gasteiger partial charge in [-0.15, -0.1) is 0 Å². The number of imidazole rings is 1. The van der Waals surface area contributed by atoms with Crippen LogP contribution in [0.25, 0.3) is 0 Å². The summed E-state index contributed by atoms with van der Waals surface area (Å²) in [5, 5.41) is 13.2. The number of thioether (sulfide) groups is 1. The van der Waals surface area contributed by atoms with Gasteiger partial charge in [-0.05, 0) is 18.1 Å². The zero-order valence-corrected chi connectivity index (χ0v) is 16.3. The van der Waals surface area contributed by atoms with Crippen LogP contribution in [-0.4, -0.2) is 38.3 Å². The van der Waals surface area contributed by atoms with E-state index in [-0.39, 0.29) is 12.3 Å². The van der Waals surface area contributed by atoms with Crippen LogP contribution in [0.1, 0.15) is 31.5 Å². The van der Waals surface area contributed by atoms with Gasteiger partial charge in [-0.2, -0.15) is 0 Å². The van der Waals surface area contributed by atoms with Gasteiger partial charge in [0.05, 0.1) is 12.2 Å². The highest BCUT2D eigenvalue weighted by atomic mass is 35.5. The Hall–Kier alpha value is -1.99. The highest BCUT2D eigenvalue weighted by Crippen LogP contribution is 2.23. The van der Waals surface area contributed by atoms with E-state index in [1.54, 1.807) is 11.8 Å². The van der Waals surface area contributed by atoms with E-state index >= 15 is 0 Å². The van der Waals surface area contributed by atoms with Gasteiger partial charge in [0.15, 0.2) is 5.16 Å². The van der Waals surface area contributed by atoms with Gasteiger partial charge in [0.1, 0.15) is 6.04 Å². The number of halogens is 1. The largest absolute Gasteiger partial charge is 0.480 e. The third kappa shape index (κ3) is 5.78. The molecule has 1 aromatic heterocycles. The SMILES string of the molecule is CCCSc1nc(CC(NC(C)=O)C(=O)O)cn1Cc1ccccc1Cl. The molecule has 2 N–H and O–H groups in total. The van der Waals surface area contributed by atoms with Crippen molar-refractivity contribution >= 4 is 35.2 Å². The van der Waals surface area contributed by atoms with E-state index in [1.807, 2.05) is 35.0 Å². The van der Waals surface area contributed by atoms with Gasteiger partial charge in [-0.1, -0.05) is 48.5 Å². The molecule has 0 fully saturated rings. The first-order chi connectivity index (χ1) is 12.4. The first-order valence-corrected chi connectivity index (χ1v) is 9.69. The third-order valence-corrected chi connectivity index (χ3v) is 5.18. The smallest absolute Gasteiger partial charge is 0.326 e. The van der Waals surface area contributed by atoms with Crippen LogP contribution in [-0.2, 0) is 22.6 Å². The van der Waals surface area contributed by atoms with Crippen molar-refractivity contribution in [3.05, 3.63) is 46.7 Å². The normalized spacial score (nSPS) is 12.0. The van der Waals surface area contributed by atoms with E-state index in [4.69, 9.17) is 11.6 Å². The van der Waals surface area contributed by atoms with E-state index in [9.17, 15) is 14.7 Å². The van der Waals surface area contributed by atoms with Crippen molar-refractivity contribution in [3.8, 4) is 0 Å². The molecule has 26 heavy (non-hydrogen) atoms. The summed E-state index contributed by atoms with van der Waals surface area (Å²) < 4.78 is 1.98. The van der Waals surface area contributed by atoms with Crippen molar-refractivity contribution in [2.75, 3.05) is 5.75 Å². The average molecular weight is 396 g/mol. The molecule has 0 saturated carbocycles. The van der Waals surface area contributed by atoms with Crippen molar-refractivity contribution in [1.29, 1.82) is 0 Å². The summed E-state index contributed by atoms with van der Waals surface area (Å²) in [6.45, 7) is 3.94. The van der Waals surface area contributed by atoms with Gasteiger partial charge in [0, 0.05) is 30.3 Å². The van der Waals surface area contributed by atoms with Crippen LogP contribution >= 0.6 is 23.4 Å². The summed E-state index contributed by atoms with van der Waals surface area (Å²) in [6.07, 6.45) is 2.96. The maximum absolute atomic E-state index is 11.4. The van der Waals surface area contributed by atoms with Crippen LogP contribution < -0.4 is 5.32 Å². The molecule has 2 rings (SSSR count). The number of nitrogens with zero attached hydrogens (tertiary/aromatic N) is 2. The molecule has 1 unspecified atom stereocenters. The second kappa shape index (κ2) is 9.64. The van der Waals surface area contributed by atoms with E-state index in [2.05, 4.69) is 17.2 Å². The molecule has 8 heteroatoms. The second-order valence-electron chi connectivity index (χ2n) is 5.88. The Kier molecular flexibility index (Phi) is 7.53. The van der Waals surface area contributed by atoms with Gasteiger partial charge in [-0.3, -0.25) is 4.79 Å². The monoisotopic (exact) mass is 395 g/mol. The second-order valence-corrected chi connectivity index (χ2v) is 7.35. The minimum absolute atomic E-state index is 0.129. The number of aliphatic carboxylic acids is 1. The zero-order chi connectivity index (χ0) is 19.1. The highest BCUT2D eigenvalue weighted by molar-refractivity contribution is 7.99. The Morgan fingerprint density at radius 1 is 1.38 bits per heavy atom. The quantitative estimate of drug-likeness (QED) is 0.637. The molecule has 1 atom stereocenters. The Labute approximate surface area is 162 Å². The van der Waals surface area contributed by atoms with Crippen LogP contribution in [0.15, 0.2) is 35.6 Å². The molecule has 0 aliphatic rings. The fourth-order valence-electron chi connectivity index (χ4n) is 2.44. The summed E-state index contributed by atoms with van der Waals surface area (Å²) in [5.41, 5.74) is 1.59. The predicted molar refractivity (Wildman–Crippen MR) is 103 cm³/mol. The number of hydrogen-bond donors (Lipinski definition) is 2. The molecule has 0 aliphatic heterocycles. The van der Waals surface area contributed by atoms with Crippen LogP contribution in [0.5, 0.6) is 0 Å². The summed E-state index contributed by atoms with van der Waals surface area (Å²) in [4.78, 5) is 27.2. The van der Waals surface area contributed by atoms with Crippen LogP contribution in [0.2, 0.25) is 5.02 Å². The van der Waals surface area contributed by atoms with Crippen molar-refractivity contribution in [1.82, 2.24) is 14.9 Å². The number of rotatable bonds is 9. The lowest BCUT2D eigenvalue weighted by Crippen LogP contribution is -2.41. The predicted octanol–water partition coefficient (Wildman–Crippen LogP) is 3.22. The number of carboxylic acids is 1. The Morgan fingerprint density at radius 3 is 2.73 bits per heavy atom. The molecule has 0 aliphatic carbocycles. The number of carboxylic acid groups (broad SMARTS) is 1. The van der Waals surface area contributed by atoms with Crippen molar-refractivity contribution in [3.63, 3.8) is 0 Å². The Bertz CT molecular complexity index is 779. The van der Waals surface area contributed by atoms with Gasteiger partial charge in [-0.25, -0.2) is 9.78 Å². The molecule has 1 aromatic carbocycles. The van der Waals surface area contributed by atoms with Crippen LogP contribution in [0.3, 0.4) is 0 Å². The Morgan fingerprint density at radius 2 is 2.12 bits per heavy atom. The summed E-state index contributed by atoms with van der Waals surface area (Å²) >= 11 is 7.87. The topological polar surface area (TPSA) is 84.2 Å². The van der Waals surface area contributed by atoms with E-state index < -0.39 is 12.0 Å². The number of aromatic nitrogens is 2. The van der Waals surface area contributed by atoms with E-state index in [1.165, 1.54) is 6.92 Å². The number of amides is 1. The van der Waals surface area contributed by atoms with Gasteiger partial charge >= 0.3 is 5.97 Å². The molecule has 6 nitrogen and oxygen atoms in total. The molecule has 1 heterocycles. The van der Waals surface area contributed by atoms with Crippen molar-refractivity contribution in [2.45, 2.75) is 44.4 Å². The highest BCUT2D eigenvalue weighted by Gasteiger charge is 2.21. The first-order valence-electron chi connectivity index (χ1n) is 8.32. The maximum atomic E-state index is 11.4. The average Bonchev–Trinajstić information content (AvgIpc) is 2.95. The fraction of sp³-hybridized carbons (Fsp3) is 0.389. The Balaban J connectivity index is 2.25. The number of benzene rings is 1. The molecule has 140 valence electrons. The minimum Gasteiger partial charge on any atom is -0.480 e. The van der Waals surface area contributed by atoms with Crippen molar-refractivity contribution in [2.24, 2.45) is 0 Å². The molecule has 0 bridgehead atoms. The minimum atomic E-state index is -1.08. The van der Waals surface area contributed by atoms with Crippen molar-refractivity contribution < 1.29 is 14.7 Å². The van der Waals surface area contributed by atoms with E-state index in [0.717, 1.165) is 22.9 Å². The molecular formula is C18H22ClN3O3S. The van der Waals surface area contributed by atoms with Gasteiger partial charge in [0.2, 0.25) is 5.91 Å². The number of carbonyl (C=O) groups excluding carboxylic acids is 1. The third-order valence-electron chi connectivity index (χ3n) is 3.61. The van der Waals surface area contributed by atoms with Crippen LogP contribution in [0, 0.1) is 0 Å². The lowest BCUT2D eigenvalue weighted by Gasteiger charge is -2.11. The first kappa shape index (κ1) is 20.3. The lowest BCUT2D eigenvalue weighted by atomic mass is 10.1. The van der Waals surface area contributed by atoms with Gasteiger partial charge < -0.3 is 15.0 Å². The summed E-state index contributed by atoms with van der Waals surface area (Å²) in [5.74, 6) is -0.551. The molecule has 1 amide bonds. The molecular weight excluding hydrogens is 374 g/mol. The lowest BCUT2D eigenvalue weighted by molar-refractivity contribution is -0.141. The van der Waals surface area contributed by atoms with Crippen LogP contribution in [0.4, 0.5) is 0 Å². The fourth-order valence-corrected chi connectivity index (χ4v) is 3.48. The maximum Gasteiger partial charge on any atom is 0.326 e. The van der Waals surface area contributed by atoms with E-state index in [0.29, 0.717) is 17.3 Å². The zero-order valence-electron chi connectivity index (χ0n) is 14.7. The molecule has 0 saturated heterocycles. The summed E-state index contributed by atoms with van der Waals surface area (Å²) in [7, 11) is 0.